The van der Waals surface area contributed by atoms with Gasteiger partial charge in [0.25, 0.3) is 5.95 Å². The van der Waals surface area contributed by atoms with E-state index in [1.165, 1.54) is 0 Å². The molecule has 18 heavy (non-hydrogen) atoms. The van der Waals surface area contributed by atoms with Gasteiger partial charge in [-0.05, 0) is 13.0 Å². The lowest BCUT2D eigenvalue weighted by Gasteiger charge is -2.00. The van der Waals surface area contributed by atoms with E-state index in [0.29, 0.717) is 16.1 Å². The summed E-state index contributed by atoms with van der Waals surface area (Å²) in [6, 6.07) is 5.55. The minimum atomic E-state index is -0.146. The summed E-state index contributed by atoms with van der Waals surface area (Å²) >= 11 is 0. The molecule has 0 aromatic heterocycles. The molecule has 1 heterocycles. The molecule has 0 radical (unpaired) electrons. The number of aromatic nitrogens is 3. The number of nitrogens with two attached hydrogens (primary N) is 1. The molecular formula is C11H10N6O. The average Bonchev–Trinajstić information content (AvgIpc) is 2.62. The van der Waals surface area contributed by atoms with E-state index in [0.717, 1.165) is 15.7 Å². The third kappa shape index (κ3) is 1.24. The van der Waals surface area contributed by atoms with Crippen molar-refractivity contribution >= 4 is 16.7 Å². The minimum absolute atomic E-state index is 0.00924. The van der Waals surface area contributed by atoms with Gasteiger partial charge in [0.2, 0.25) is 5.43 Å². The second-order valence-corrected chi connectivity index (χ2v) is 4.11. The predicted molar refractivity (Wildman–Crippen MR) is 65.3 cm³/mol. The van der Waals surface area contributed by atoms with Crippen molar-refractivity contribution in [1.82, 2.24) is 14.9 Å². The first-order chi connectivity index (χ1) is 8.61. The molecule has 4 N–H and O–H groups in total. The van der Waals surface area contributed by atoms with Crippen molar-refractivity contribution in [2.45, 2.75) is 6.92 Å². The second-order valence-electron chi connectivity index (χ2n) is 4.11. The van der Waals surface area contributed by atoms with Crippen LogP contribution in [0.25, 0.3) is 10.8 Å². The van der Waals surface area contributed by atoms with E-state index in [2.05, 4.69) is 15.2 Å². The van der Waals surface area contributed by atoms with Crippen LogP contribution >= 0.6 is 0 Å². The number of hydrogen-bond donors (Lipinski definition) is 3. The van der Waals surface area contributed by atoms with Gasteiger partial charge in [0, 0.05) is 10.8 Å². The topological polar surface area (TPSA) is 113 Å². The van der Waals surface area contributed by atoms with Gasteiger partial charge in [-0.2, -0.15) is 4.79 Å². The molecule has 0 saturated heterocycles. The van der Waals surface area contributed by atoms with Gasteiger partial charge in [0.05, 0.1) is 0 Å². The van der Waals surface area contributed by atoms with Gasteiger partial charge in [0.1, 0.15) is 10.7 Å². The van der Waals surface area contributed by atoms with Gasteiger partial charge >= 0.3 is 0 Å². The monoisotopic (exact) mass is 242 g/mol. The predicted octanol–water partition coefficient (Wildman–Crippen LogP) is 1.13. The van der Waals surface area contributed by atoms with E-state index < -0.39 is 0 Å². The van der Waals surface area contributed by atoms with Crippen LogP contribution in [0.4, 0.5) is 5.95 Å². The zero-order chi connectivity index (χ0) is 12.9. The first-order valence-corrected chi connectivity index (χ1v) is 5.29. The smallest absolute Gasteiger partial charge is 0.283 e. The highest BCUT2D eigenvalue weighted by atomic mass is 16.1. The highest BCUT2D eigenvalue weighted by molar-refractivity contribution is 5.84. The SMILES string of the molecule is Cc1ccc2c3nc(N=N)n(N)[nH]c=3c(=O)c2c1. The van der Waals surface area contributed by atoms with Gasteiger partial charge in [-0.1, -0.05) is 17.7 Å². The molecule has 1 aliphatic heterocycles. The van der Waals surface area contributed by atoms with Crippen LogP contribution in [0.5, 0.6) is 0 Å². The lowest BCUT2D eigenvalue weighted by molar-refractivity contribution is 0.736. The first kappa shape index (κ1) is 10.5. The second kappa shape index (κ2) is 3.39. The van der Waals surface area contributed by atoms with E-state index in [1.54, 1.807) is 0 Å². The van der Waals surface area contributed by atoms with Crippen LogP contribution in [0.1, 0.15) is 5.56 Å². The quantitative estimate of drug-likeness (QED) is 0.439. The van der Waals surface area contributed by atoms with Crippen molar-refractivity contribution in [3.05, 3.63) is 44.7 Å². The molecule has 0 bridgehead atoms. The number of nitrogens with one attached hydrogen (secondary N) is 2. The van der Waals surface area contributed by atoms with E-state index in [9.17, 15) is 4.79 Å². The number of H-pyrrole nitrogens is 1. The normalized spacial score (nSPS) is 11.2. The summed E-state index contributed by atoms with van der Waals surface area (Å²) in [5.41, 5.74) is 7.83. The fourth-order valence-corrected chi connectivity index (χ4v) is 2.05. The van der Waals surface area contributed by atoms with E-state index in [4.69, 9.17) is 11.4 Å². The molecule has 0 unspecified atom stereocenters. The van der Waals surface area contributed by atoms with Crippen LogP contribution in [-0.4, -0.2) is 14.9 Å². The van der Waals surface area contributed by atoms with Crippen molar-refractivity contribution < 1.29 is 0 Å². The Hall–Kier alpha value is -2.70. The molecular weight excluding hydrogens is 232 g/mol. The Morgan fingerprint density at radius 2 is 2.22 bits per heavy atom. The van der Waals surface area contributed by atoms with Crippen molar-refractivity contribution in [3.8, 4) is 0 Å². The van der Waals surface area contributed by atoms with Crippen LogP contribution in [0.3, 0.4) is 0 Å². The summed E-state index contributed by atoms with van der Waals surface area (Å²) in [6.07, 6.45) is 0. The van der Waals surface area contributed by atoms with Gasteiger partial charge in [-0.15, -0.1) is 5.11 Å². The fraction of sp³-hybridized carbons (Fsp3) is 0.0909. The van der Waals surface area contributed by atoms with Crippen LogP contribution in [0.15, 0.2) is 28.1 Å². The Labute approximate surface area is 100 Å². The Bertz CT molecular complexity index is 890. The number of aromatic amines is 1. The largest absolute Gasteiger partial charge is 0.321 e. The molecule has 0 spiro atoms. The van der Waals surface area contributed by atoms with Crippen molar-refractivity contribution in [2.24, 2.45) is 5.11 Å². The third-order valence-corrected chi connectivity index (χ3v) is 2.90. The summed E-state index contributed by atoms with van der Waals surface area (Å²) in [6.45, 7) is 1.92. The maximum absolute atomic E-state index is 12.2. The number of benzene rings is 1. The van der Waals surface area contributed by atoms with Crippen molar-refractivity contribution in [2.75, 3.05) is 5.84 Å². The molecule has 1 aromatic rings. The number of nitrogen functional groups attached to an aromatic ring is 1. The number of rotatable bonds is 1. The summed E-state index contributed by atoms with van der Waals surface area (Å²) in [4.78, 5) is 17.3. The standard InChI is InChI=1S/C11H10N6O/c1-5-2-3-6-7(4-5)10(18)9-8(6)14-11(15-12)17(13)16-9/h2-4,12,16H,13H2,1H3. The lowest BCUT2D eigenvalue weighted by atomic mass is 10.1. The molecule has 0 fully saturated rings. The van der Waals surface area contributed by atoms with Crippen LogP contribution in [0.2, 0.25) is 0 Å². The van der Waals surface area contributed by atoms with Crippen LogP contribution in [0, 0.1) is 23.2 Å². The molecule has 7 nitrogen and oxygen atoms in total. The van der Waals surface area contributed by atoms with E-state index in [1.807, 2.05) is 25.1 Å². The minimum Gasteiger partial charge on any atom is -0.321 e. The summed E-state index contributed by atoms with van der Waals surface area (Å²) in [5, 5.41) is 8.03. The Kier molecular flexibility index (Phi) is 1.97. The van der Waals surface area contributed by atoms with Gasteiger partial charge in [-0.25, -0.2) is 10.5 Å². The summed E-state index contributed by atoms with van der Waals surface area (Å²) < 4.78 is 0. The molecule has 7 heteroatoms. The third-order valence-electron chi connectivity index (χ3n) is 2.90. The number of nitrogens with zero attached hydrogens (tertiary/aromatic N) is 3. The summed E-state index contributed by atoms with van der Waals surface area (Å²) in [7, 11) is 0. The first-order valence-electron chi connectivity index (χ1n) is 5.29. The Morgan fingerprint density at radius 3 is 2.94 bits per heavy atom. The van der Waals surface area contributed by atoms with Crippen LogP contribution < -0.4 is 11.3 Å². The molecule has 0 saturated carbocycles. The average molecular weight is 242 g/mol. The van der Waals surface area contributed by atoms with Gasteiger partial charge in [0.15, 0.2) is 0 Å². The lowest BCUT2D eigenvalue weighted by Crippen LogP contribution is -2.17. The molecule has 3 rings (SSSR count). The molecule has 2 aliphatic rings. The Morgan fingerprint density at radius 1 is 1.44 bits per heavy atom. The maximum atomic E-state index is 12.2. The molecule has 90 valence electrons. The van der Waals surface area contributed by atoms with Gasteiger partial charge < -0.3 is 5.84 Å². The van der Waals surface area contributed by atoms with E-state index >= 15 is 0 Å². The maximum Gasteiger partial charge on any atom is 0.283 e. The highest BCUT2D eigenvalue weighted by Gasteiger charge is 2.11. The van der Waals surface area contributed by atoms with E-state index in [-0.39, 0.29) is 11.4 Å². The fourth-order valence-electron chi connectivity index (χ4n) is 2.05. The van der Waals surface area contributed by atoms with Crippen LogP contribution in [-0.2, 0) is 0 Å². The Balaban J connectivity index is 2.64. The molecule has 0 atom stereocenters. The van der Waals surface area contributed by atoms with Gasteiger partial charge in [-0.3, -0.25) is 9.89 Å². The highest BCUT2D eigenvalue weighted by Crippen LogP contribution is 2.16. The summed E-state index contributed by atoms with van der Waals surface area (Å²) in [5.74, 6) is 5.57. The zero-order valence-corrected chi connectivity index (χ0v) is 9.56. The number of aryl methyl sites for hydroxylation is 1. The molecule has 0 amide bonds. The zero-order valence-electron chi connectivity index (χ0n) is 9.56. The number of fused-ring (bicyclic) bond motifs is 2. The molecule has 1 aromatic carbocycles. The van der Waals surface area contributed by atoms with Crippen molar-refractivity contribution in [3.63, 3.8) is 0 Å². The number of hydrogen-bond acceptors (Lipinski definition) is 5. The molecule has 1 aliphatic carbocycles. The van der Waals surface area contributed by atoms with Crippen molar-refractivity contribution in [1.29, 1.82) is 5.53 Å².